The van der Waals surface area contributed by atoms with Gasteiger partial charge in [0.1, 0.15) is 0 Å². The lowest BCUT2D eigenvalue weighted by atomic mass is 10.2. The Kier molecular flexibility index (Phi) is 5.15. The highest BCUT2D eigenvalue weighted by atomic mass is 16.5. The van der Waals surface area contributed by atoms with Gasteiger partial charge in [0.2, 0.25) is 0 Å². The fourth-order valence-electron chi connectivity index (χ4n) is 1.68. The van der Waals surface area contributed by atoms with Crippen LogP contribution in [-0.2, 0) is 4.74 Å². The summed E-state index contributed by atoms with van der Waals surface area (Å²) in [4.78, 5) is 2.40. The summed E-state index contributed by atoms with van der Waals surface area (Å²) < 4.78 is 5.43. The number of nitrogens with zero attached hydrogens (tertiary/aromatic N) is 1. The van der Waals surface area contributed by atoms with Crippen LogP contribution in [0.5, 0.6) is 0 Å². The van der Waals surface area contributed by atoms with E-state index in [1.54, 1.807) is 0 Å². The van der Waals surface area contributed by atoms with Crippen molar-refractivity contribution in [1.29, 1.82) is 0 Å². The van der Waals surface area contributed by atoms with E-state index in [1.165, 1.54) is 0 Å². The Hall–Kier alpha value is -0.380. The van der Waals surface area contributed by atoms with Gasteiger partial charge in [-0.2, -0.15) is 0 Å². The second-order valence-corrected chi connectivity index (χ2v) is 4.06. The number of hydrogen-bond donors (Lipinski definition) is 1. The first kappa shape index (κ1) is 11.7. The standard InChI is InChI=1S/C11H22N2O/c1-4-6-13(10(2)3)8-11-9-14-7-5-12-11/h4,10-12H,1,5-9H2,2-3H3. The molecule has 0 amide bonds. The molecule has 0 aliphatic carbocycles. The van der Waals surface area contributed by atoms with Crippen LogP contribution in [0.4, 0.5) is 0 Å². The first-order valence-corrected chi connectivity index (χ1v) is 5.40. The van der Waals surface area contributed by atoms with Crippen LogP contribution in [0.3, 0.4) is 0 Å². The Morgan fingerprint density at radius 2 is 2.43 bits per heavy atom. The zero-order chi connectivity index (χ0) is 10.4. The SMILES string of the molecule is C=CCN(CC1COCCN1)C(C)C. The quantitative estimate of drug-likeness (QED) is 0.663. The Bertz CT molecular complexity index is 165. The lowest BCUT2D eigenvalue weighted by molar-refractivity contribution is 0.0591. The van der Waals surface area contributed by atoms with E-state index in [2.05, 4.69) is 30.6 Å². The van der Waals surface area contributed by atoms with E-state index < -0.39 is 0 Å². The van der Waals surface area contributed by atoms with Crippen LogP contribution in [0.2, 0.25) is 0 Å². The molecule has 1 aliphatic rings. The largest absolute Gasteiger partial charge is 0.378 e. The third-order valence-corrected chi connectivity index (χ3v) is 2.55. The van der Waals surface area contributed by atoms with Crippen LogP contribution in [0.15, 0.2) is 12.7 Å². The molecule has 0 bridgehead atoms. The van der Waals surface area contributed by atoms with Crippen molar-refractivity contribution >= 4 is 0 Å². The van der Waals surface area contributed by atoms with Crippen LogP contribution >= 0.6 is 0 Å². The Balaban J connectivity index is 2.33. The zero-order valence-corrected chi connectivity index (χ0v) is 9.33. The smallest absolute Gasteiger partial charge is 0.0632 e. The topological polar surface area (TPSA) is 24.5 Å². The highest BCUT2D eigenvalue weighted by Gasteiger charge is 2.17. The normalized spacial score (nSPS) is 23.0. The predicted molar refractivity (Wildman–Crippen MR) is 59.5 cm³/mol. The summed E-state index contributed by atoms with van der Waals surface area (Å²) >= 11 is 0. The second-order valence-electron chi connectivity index (χ2n) is 4.06. The molecule has 0 saturated carbocycles. The fraction of sp³-hybridized carbons (Fsp3) is 0.818. The van der Waals surface area contributed by atoms with Gasteiger partial charge >= 0.3 is 0 Å². The summed E-state index contributed by atoms with van der Waals surface area (Å²) in [7, 11) is 0. The third-order valence-electron chi connectivity index (χ3n) is 2.55. The molecule has 0 spiro atoms. The molecule has 3 heteroatoms. The summed E-state index contributed by atoms with van der Waals surface area (Å²) in [5, 5.41) is 3.46. The van der Waals surface area contributed by atoms with E-state index in [0.29, 0.717) is 12.1 Å². The zero-order valence-electron chi connectivity index (χ0n) is 9.33. The monoisotopic (exact) mass is 198 g/mol. The maximum absolute atomic E-state index is 5.43. The average Bonchev–Trinajstić information content (AvgIpc) is 2.18. The average molecular weight is 198 g/mol. The van der Waals surface area contributed by atoms with E-state index >= 15 is 0 Å². The molecular weight excluding hydrogens is 176 g/mol. The van der Waals surface area contributed by atoms with E-state index in [1.807, 2.05) is 6.08 Å². The van der Waals surface area contributed by atoms with Gasteiger partial charge < -0.3 is 10.1 Å². The molecule has 1 heterocycles. The molecule has 1 unspecified atom stereocenters. The summed E-state index contributed by atoms with van der Waals surface area (Å²) in [5.74, 6) is 0. The maximum atomic E-state index is 5.43. The van der Waals surface area contributed by atoms with Gasteiger partial charge in [-0.25, -0.2) is 0 Å². The van der Waals surface area contributed by atoms with Gasteiger partial charge in [-0.1, -0.05) is 6.08 Å². The van der Waals surface area contributed by atoms with Crippen molar-refractivity contribution in [3.63, 3.8) is 0 Å². The molecule has 0 aromatic carbocycles. The van der Waals surface area contributed by atoms with Gasteiger partial charge in [-0.05, 0) is 13.8 Å². The molecular formula is C11H22N2O. The minimum atomic E-state index is 0.478. The summed E-state index contributed by atoms with van der Waals surface area (Å²) in [6, 6.07) is 1.04. The van der Waals surface area contributed by atoms with Crippen LogP contribution in [-0.4, -0.2) is 49.8 Å². The molecule has 1 aliphatic heterocycles. The molecule has 3 nitrogen and oxygen atoms in total. The lowest BCUT2D eigenvalue weighted by Crippen LogP contribution is -2.49. The van der Waals surface area contributed by atoms with Gasteiger partial charge in [-0.15, -0.1) is 6.58 Å². The van der Waals surface area contributed by atoms with E-state index in [4.69, 9.17) is 4.74 Å². The second kappa shape index (κ2) is 6.17. The number of rotatable bonds is 5. The Morgan fingerprint density at radius 1 is 1.64 bits per heavy atom. The summed E-state index contributed by atoms with van der Waals surface area (Å²) in [6.07, 6.45) is 1.96. The van der Waals surface area contributed by atoms with Gasteiger partial charge in [0.25, 0.3) is 0 Å². The van der Waals surface area contributed by atoms with Crippen molar-refractivity contribution in [3.05, 3.63) is 12.7 Å². The molecule has 1 fully saturated rings. The fourth-order valence-corrected chi connectivity index (χ4v) is 1.68. The highest BCUT2D eigenvalue weighted by Crippen LogP contribution is 2.02. The van der Waals surface area contributed by atoms with Crippen molar-refractivity contribution in [3.8, 4) is 0 Å². The molecule has 1 atom stereocenters. The third kappa shape index (κ3) is 3.78. The number of hydrogen-bond acceptors (Lipinski definition) is 3. The van der Waals surface area contributed by atoms with Crippen LogP contribution < -0.4 is 5.32 Å². The van der Waals surface area contributed by atoms with E-state index in [9.17, 15) is 0 Å². The molecule has 1 rings (SSSR count). The summed E-state index contributed by atoms with van der Waals surface area (Å²) in [6.45, 7) is 12.9. The highest BCUT2D eigenvalue weighted by molar-refractivity contribution is 4.81. The molecule has 14 heavy (non-hydrogen) atoms. The molecule has 82 valence electrons. The van der Waals surface area contributed by atoms with Crippen LogP contribution in [0.25, 0.3) is 0 Å². The molecule has 0 aromatic rings. The van der Waals surface area contributed by atoms with Crippen molar-refractivity contribution < 1.29 is 4.74 Å². The number of morpholine rings is 1. The van der Waals surface area contributed by atoms with Gasteiger partial charge in [0.15, 0.2) is 0 Å². The Morgan fingerprint density at radius 3 is 2.93 bits per heavy atom. The van der Waals surface area contributed by atoms with Gasteiger partial charge in [0.05, 0.1) is 13.2 Å². The minimum Gasteiger partial charge on any atom is -0.378 e. The molecule has 0 radical (unpaired) electrons. The van der Waals surface area contributed by atoms with Crippen LogP contribution in [0.1, 0.15) is 13.8 Å². The van der Waals surface area contributed by atoms with Gasteiger partial charge in [-0.3, -0.25) is 4.90 Å². The number of nitrogens with one attached hydrogen (secondary N) is 1. The number of ether oxygens (including phenoxy) is 1. The maximum Gasteiger partial charge on any atom is 0.0632 e. The first-order valence-electron chi connectivity index (χ1n) is 5.40. The lowest BCUT2D eigenvalue weighted by Gasteiger charge is -2.32. The summed E-state index contributed by atoms with van der Waals surface area (Å²) in [5.41, 5.74) is 0. The Labute approximate surface area is 87.1 Å². The van der Waals surface area contributed by atoms with E-state index in [0.717, 1.165) is 32.8 Å². The van der Waals surface area contributed by atoms with Gasteiger partial charge in [0, 0.05) is 31.7 Å². The molecule has 1 N–H and O–H groups in total. The molecule has 0 aromatic heterocycles. The van der Waals surface area contributed by atoms with Crippen LogP contribution in [0, 0.1) is 0 Å². The van der Waals surface area contributed by atoms with Crippen molar-refractivity contribution in [2.45, 2.75) is 25.9 Å². The van der Waals surface area contributed by atoms with Crippen molar-refractivity contribution in [2.75, 3.05) is 32.8 Å². The predicted octanol–water partition coefficient (Wildman–Crippen LogP) is 0.871. The van der Waals surface area contributed by atoms with E-state index in [-0.39, 0.29) is 0 Å². The minimum absolute atomic E-state index is 0.478. The molecule has 1 saturated heterocycles. The first-order chi connectivity index (χ1) is 6.74. The van der Waals surface area contributed by atoms with Crippen molar-refractivity contribution in [1.82, 2.24) is 10.2 Å². The van der Waals surface area contributed by atoms with Crippen molar-refractivity contribution in [2.24, 2.45) is 0 Å².